The van der Waals surface area contributed by atoms with Crippen molar-refractivity contribution in [2.45, 2.75) is 12.1 Å². The average Bonchev–Trinajstić information content (AvgIpc) is 3.29. The number of hydrogen-bond acceptors (Lipinski definition) is 6. The molecule has 0 amide bonds. The van der Waals surface area contributed by atoms with Crippen LogP contribution in [0.3, 0.4) is 0 Å². The zero-order valence-electron chi connectivity index (χ0n) is 15.8. The lowest BCUT2D eigenvalue weighted by Gasteiger charge is -2.44. The van der Waals surface area contributed by atoms with Crippen LogP contribution < -0.4 is 0 Å². The van der Waals surface area contributed by atoms with Gasteiger partial charge in [0.2, 0.25) is 0 Å². The van der Waals surface area contributed by atoms with Crippen molar-refractivity contribution in [3.8, 4) is 0 Å². The third-order valence-electron chi connectivity index (χ3n) is 5.42. The van der Waals surface area contributed by atoms with Crippen molar-refractivity contribution < 1.29 is 14.3 Å². The molecule has 0 aliphatic carbocycles. The minimum Gasteiger partial charge on any atom is -0.379 e. The number of carbonyl (C=O) groups excluding carboxylic acids is 1. The van der Waals surface area contributed by atoms with Crippen LogP contribution in [-0.4, -0.2) is 74.2 Å². The molecule has 2 saturated heterocycles. The fourth-order valence-electron chi connectivity index (χ4n) is 4.04. The minimum atomic E-state index is -0.262. The second kappa shape index (κ2) is 9.48. The summed E-state index contributed by atoms with van der Waals surface area (Å²) in [6.45, 7) is 5.83. The largest absolute Gasteiger partial charge is 0.379 e. The minimum absolute atomic E-state index is 0.0473. The predicted molar refractivity (Wildman–Crippen MR) is 111 cm³/mol. The third-order valence-corrected chi connectivity index (χ3v) is 6.56. The first-order valence-electron chi connectivity index (χ1n) is 9.71. The summed E-state index contributed by atoms with van der Waals surface area (Å²) < 4.78 is 11.1. The molecular weight excluding hydrogens is 396 g/mol. The number of benzene rings is 1. The van der Waals surface area contributed by atoms with E-state index in [1.54, 1.807) is 0 Å². The van der Waals surface area contributed by atoms with Gasteiger partial charge in [0.15, 0.2) is 5.78 Å². The van der Waals surface area contributed by atoms with E-state index in [0.29, 0.717) is 31.5 Å². The highest BCUT2D eigenvalue weighted by atomic mass is 35.5. The lowest BCUT2D eigenvalue weighted by Crippen LogP contribution is -2.55. The Morgan fingerprint density at radius 1 is 0.929 bits per heavy atom. The molecule has 1 aromatic heterocycles. The van der Waals surface area contributed by atoms with Gasteiger partial charge in [0.25, 0.3) is 0 Å². The Balaban J connectivity index is 1.74. The van der Waals surface area contributed by atoms with Gasteiger partial charge in [-0.3, -0.25) is 14.6 Å². The molecule has 150 valence electrons. The maximum Gasteiger partial charge on any atom is 0.191 e. The summed E-state index contributed by atoms with van der Waals surface area (Å²) in [5, 5.41) is 2.67. The lowest BCUT2D eigenvalue weighted by molar-refractivity contribution is -0.0300. The van der Waals surface area contributed by atoms with E-state index >= 15 is 0 Å². The van der Waals surface area contributed by atoms with Crippen LogP contribution in [0.5, 0.6) is 0 Å². The molecule has 0 saturated carbocycles. The number of thiophene rings is 1. The average molecular weight is 421 g/mol. The highest BCUT2D eigenvalue weighted by Gasteiger charge is 2.40. The van der Waals surface area contributed by atoms with E-state index in [1.807, 2.05) is 29.6 Å². The zero-order chi connectivity index (χ0) is 19.3. The summed E-state index contributed by atoms with van der Waals surface area (Å²) in [6, 6.07) is 11.5. The number of nitrogens with zero attached hydrogens (tertiary/aromatic N) is 2. The van der Waals surface area contributed by atoms with E-state index in [1.165, 1.54) is 11.3 Å². The maximum absolute atomic E-state index is 13.7. The third kappa shape index (κ3) is 4.48. The number of hydrogen-bond donors (Lipinski definition) is 0. The monoisotopic (exact) mass is 420 g/mol. The molecule has 2 aromatic rings. The van der Waals surface area contributed by atoms with Gasteiger partial charge in [-0.1, -0.05) is 29.8 Å². The molecule has 0 bridgehead atoms. The first-order valence-corrected chi connectivity index (χ1v) is 11.0. The highest BCUT2D eigenvalue weighted by Crippen LogP contribution is 2.33. The normalized spacial score (nSPS) is 21.3. The molecule has 7 heteroatoms. The number of ether oxygens (including phenoxy) is 2. The molecule has 0 radical (unpaired) electrons. The van der Waals surface area contributed by atoms with Crippen LogP contribution in [-0.2, 0) is 9.47 Å². The van der Waals surface area contributed by atoms with Crippen molar-refractivity contribution in [1.82, 2.24) is 9.80 Å². The maximum atomic E-state index is 13.7. The number of morpholine rings is 2. The fourth-order valence-corrected chi connectivity index (χ4v) is 4.86. The number of ketones is 1. The second-order valence-corrected chi connectivity index (χ2v) is 8.46. The van der Waals surface area contributed by atoms with Crippen molar-refractivity contribution in [3.05, 3.63) is 57.2 Å². The zero-order valence-corrected chi connectivity index (χ0v) is 17.3. The molecule has 2 aliphatic rings. The molecule has 3 heterocycles. The smallest absolute Gasteiger partial charge is 0.191 e. The summed E-state index contributed by atoms with van der Waals surface area (Å²) in [6.07, 6.45) is 0. The molecular formula is C21H25ClN2O3S. The fraction of sp³-hybridized carbons (Fsp3) is 0.476. The van der Waals surface area contributed by atoms with E-state index in [4.69, 9.17) is 21.1 Å². The van der Waals surface area contributed by atoms with Crippen LogP contribution in [0.25, 0.3) is 0 Å². The summed E-state index contributed by atoms with van der Waals surface area (Å²) in [4.78, 5) is 19.2. The van der Waals surface area contributed by atoms with E-state index in [-0.39, 0.29) is 17.9 Å². The Morgan fingerprint density at radius 3 is 2.11 bits per heavy atom. The highest BCUT2D eigenvalue weighted by molar-refractivity contribution is 7.12. The van der Waals surface area contributed by atoms with Gasteiger partial charge in [-0.15, -0.1) is 11.3 Å². The number of Topliss-reactive ketones (excluding diaryl/α,β-unsaturated/α-hetero) is 1. The Kier molecular flexibility index (Phi) is 6.77. The first kappa shape index (κ1) is 20.0. The van der Waals surface area contributed by atoms with Gasteiger partial charge < -0.3 is 9.47 Å². The lowest BCUT2D eigenvalue weighted by atomic mass is 9.91. The number of carbonyl (C=O) groups is 1. The number of halogens is 1. The Morgan fingerprint density at radius 2 is 1.54 bits per heavy atom. The van der Waals surface area contributed by atoms with E-state index < -0.39 is 0 Å². The molecule has 4 rings (SSSR count). The van der Waals surface area contributed by atoms with Crippen molar-refractivity contribution in [2.75, 3.05) is 52.6 Å². The van der Waals surface area contributed by atoms with Crippen LogP contribution in [0.2, 0.25) is 5.02 Å². The van der Waals surface area contributed by atoms with Crippen molar-refractivity contribution in [1.29, 1.82) is 0 Å². The Bertz CT molecular complexity index is 756. The summed E-state index contributed by atoms with van der Waals surface area (Å²) in [5.41, 5.74) is 1.12. The Labute approximate surface area is 174 Å². The topological polar surface area (TPSA) is 42.0 Å². The van der Waals surface area contributed by atoms with E-state index in [0.717, 1.165) is 36.6 Å². The van der Waals surface area contributed by atoms with Crippen LogP contribution in [0.15, 0.2) is 41.8 Å². The van der Waals surface area contributed by atoms with Crippen molar-refractivity contribution in [2.24, 2.45) is 0 Å². The molecule has 5 nitrogen and oxygen atoms in total. The van der Waals surface area contributed by atoms with Crippen LogP contribution in [0.4, 0.5) is 0 Å². The molecule has 1 aromatic carbocycles. The van der Waals surface area contributed by atoms with E-state index in [2.05, 4.69) is 21.9 Å². The van der Waals surface area contributed by atoms with Gasteiger partial charge in [-0.05, 0) is 29.1 Å². The molecule has 2 aliphatic heterocycles. The molecule has 28 heavy (non-hydrogen) atoms. The SMILES string of the molecule is O=C(c1cccs1)C(C(c1ccc(Cl)cc1)N1CCOCC1)N1CCOCC1. The van der Waals surface area contributed by atoms with Crippen molar-refractivity contribution >= 4 is 28.7 Å². The van der Waals surface area contributed by atoms with Gasteiger partial charge in [0.05, 0.1) is 43.4 Å². The quantitative estimate of drug-likeness (QED) is 0.670. The summed E-state index contributed by atoms with van der Waals surface area (Å²) in [7, 11) is 0. The van der Waals surface area contributed by atoms with Crippen LogP contribution >= 0.6 is 22.9 Å². The van der Waals surface area contributed by atoms with Gasteiger partial charge in [0, 0.05) is 31.2 Å². The van der Waals surface area contributed by atoms with Crippen LogP contribution in [0.1, 0.15) is 21.3 Å². The second-order valence-electron chi connectivity index (χ2n) is 7.08. The van der Waals surface area contributed by atoms with Gasteiger partial charge in [-0.25, -0.2) is 0 Å². The molecule has 2 fully saturated rings. The van der Waals surface area contributed by atoms with E-state index in [9.17, 15) is 4.79 Å². The van der Waals surface area contributed by atoms with Crippen LogP contribution in [0, 0.1) is 0 Å². The molecule has 0 spiro atoms. The Hall–Kier alpha value is -1.28. The molecule has 2 atom stereocenters. The molecule has 2 unspecified atom stereocenters. The first-order chi connectivity index (χ1) is 13.7. The molecule has 0 N–H and O–H groups in total. The summed E-state index contributed by atoms with van der Waals surface area (Å²) >= 11 is 7.66. The summed E-state index contributed by atoms with van der Waals surface area (Å²) in [5.74, 6) is 0.184. The van der Waals surface area contributed by atoms with Gasteiger partial charge in [-0.2, -0.15) is 0 Å². The number of rotatable bonds is 6. The van der Waals surface area contributed by atoms with Crippen molar-refractivity contribution in [3.63, 3.8) is 0 Å². The predicted octanol–water partition coefficient (Wildman–Crippen LogP) is 3.36. The van der Waals surface area contributed by atoms with Gasteiger partial charge >= 0.3 is 0 Å². The standard InChI is InChI=1S/C21H25ClN2O3S/c22-17-5-3-16(4-6-17)19(23-7-11-26-12-8-23)20(24-9-13-27-14-10-24)21(25)18-2-1-15-28-18/h1-6,15,19-20H,7-14H2. The van der Waals surface area contributed by atoms with Gasteiger partial charge in [0.1, 0.15) is 0 Å².